The topological polar surface area (TPSA) is 176 Å². The number of likely N-dealkylation sites (tertiary alicyclic amines) is 1. The highest BCUT2D eigenvalue weighted by atomic mass is 32.2. The second kappa shape index (κ2) is 20.4. The summed E-state index contributed by atoms with van der Waals surface area (Å²) in [7, 11) is -3.63. The van der Waals surface area contributed by atoms with Crippen molar-refractivity contribution in [3.63, 3.8) is 0 Å². The molecule has 1 unspecified atom stereocenters. The van der Waals surface area contributed by atoms with E-state index < -0.39 is 85.0 Å². The van der Waals surface area contributed by atoms with Crippen LogP contribution < -0.4 is 10.6 Å². The summed E-state index contributed by atoms with van der Waals surface area (Å²) >= 11 is 0. The van der Waals surface area contributed by atoms with Crippen molar-refractivity contribution in [3.05, 3.63) is 48.0 Å². The molecule has 0 spiro atoms. The molecule has 5 rings (SSSR count). The minimum Gasteiger partial charge on any atom is -0.444 e. The molecule has 2 N–H and O–H groups in total. The van der Waals surface area contributed by atoms with Gasteiger partial charge in [0.25, 0.3) is 0 Å². The van der Waals surface area contributed by atoms with E-state index in [4.69, 9.17) is 4.74 Å². The summed E-state index contributed by atoms with van der Waals surface area (Å²) in [6.45, 7) is 13.2. The molecule has 13 nitrogen and oxygen atoms in total. The smallest absolute Gasteiger partial charge is 0.410 e. The fourth-order valence-electron chi connectivity index (χ4n) is 9.81. The number of hydrogen-bond donors (Lipinski definition) is 2. The average molecular weight is 867 g/mol. The van der Waals surface area contributed by atoms with Crippen molar-refractivity contribution in [2.75, 3.05) is 18.8 Å². The van der Waals surface area contributed by atoms with E-state index in [1.807, 2.05) is 38.1 Å². The second-order valence-electron chi connectivity index (χ2n) is 19.4. The van der Waals surface area contributed by atoms with Gasteiger partial charge in [-0.05, 0) is 82.3 Å². The van der Waals surface area contributed by atoms with E-state index in [9.17, 15) is 32.4 Å². The summed E-state index contributed by atoms with van der Waals surface area (Å²) in [5.74, 6) is -3.17. The van der Waals surface area contributed by atoms with Crippen LogP contribution in [0.25, 0.3) is 0 Å². The fourth-order valence-corrected chi connectivity index (χ4v) is 11.3. The molecule has 0 aromatic heterocycles. The first-order valence-corrected chi connectivity index (χ1v) is 24.3. The largest absolute Gasteiger partial charge is 0.444 e. The van der Waals surface area contributed by atoms with Crippen molar-refractivity contribution in [3.8, 4) is 0 Å². The standard InChI is InChI=1S/C47H70N4O9S/c1-7-9-21-38(52)40(54)34(18-8-2)28-39(53)37-29-36(60-44(57)50-27-22-33-19-12-13-20-35(33)30-50)31-51(37)42(55)41(46(6)23-14-10-15-24-46)48-43(56)49-47(25-16-11-17-26-47)32-61(58,59)45(3,4)5/h7,12-13,19-20,34,36-37,41H,1,8-11,14-18,21-32H2,2-6H3,(H2,48,49,56)/t34?,36-,37+,41-/m1/s1. The summed E-state index contributed by atoms with van der Waals surface area (Å²) in [5, 5.41) is 6.09. The number of allylic oxidation sites excluding steroid dienone is 1. The number of Topliss-reactive ketones (excluding diaryl/α,β-unsaturated/α-hetero) is 3. The van der Waals surface area contributed by atoms with Gasteiger partial charge in [0.05, 0.1) is 28.6 Å². The van der Waals surface area contributed by atoms with Crippen LogP contribution in [0.1, 0.15) is 148 Å². The number of benzene rings is 1. The fraction of sp³-hybridized carbons (Fsp3) is 0.702. The van der Waals surface area contributed by atoms with Gasteiger partial charge in [-0.15, -0.1) is 6.58 Å². The highest BCUT2D eigenvalue weighted by Gasteiger charge is 2.50. The Kier molecular flexibility index (Phi) is 16.1. The van der Waals surface area contributed by atoms with Crippen LogP contribution in [0.15, 0.2) is 36.9 Å². The maximum Gasteiger partial charge on any atom is 0.410 e. The molecule has 4 amide bonds. The first-order chi connectivity index (χ1) is 28.8. The number of hydrogen-bond acceptors (Lipinski definition) is 9. The van der Waals surface area contributed by atoms with Crippen molar-refractivity contribution in [1.82, 2.24) is 20.4 Å². The number of urea groups is 1. The molecule has 1 aromatic carbocycles. The van der Waals surface area contributed by atoms with E-state index >= 15 is 4.79 Å². The lowest BCUT2D eigenvalue weighted by molar-refractivity contribution is -0.144. The first kappa shape index (κ1) is 48.0. The van der Waals surface area contributed by atoms with Gasteiger partial charge in [0.15, 0.2) is 21.4 Å². The van der Waals surface area contributed by atoms with Gasteiger partial charge in [-0.25, -0.2) is 18.0 Å². The lowest BCUT2D eigenvalue weighted by Gasteiger charge is -2.44. The van der Waals surface area contributed by atoms with E-state index in [2.05, 4.69) is 17.2 Å². The monoisotopic (exact) mass is 866 g/mol. The summed E-state index contributed by atoms with van der Waals surface area (Å²) in [4.78, 5) is 87.0. The van der Waals surface area contributed by atoms with Gasteiger partial charge in [0, 0.05) is 38.3 Å². The third kappa shape index (κ3) is 11.9. The molecule has 1 aromatic rings. The maximum atomic E-state index is 15.2. The zero-order valence-corrected chi connectivity index (χ0v) is 38.0. The van der Waals surface area contributed by atoms with Crippen LogP contribution in [-0.2, 0) is 46.7 Å². The molecule has 2 heterocycles. The Morgan fingerprint density at radius 1 is 0.967 bits per heavy atom. The zero-order chi connectivity index (χ0) is 44.6. The van der Waals surface area contributed by atoms with E-state index in [0.29, 0.717) is 64.5 Å². The van der Waals surface area contributed by atoms with Crippen LogP contribution in [0.2, 0.25) is 0 Å². The first-order valence-electron chi connectivity index (χ1n) is 22.7. The second-order valence-corrected chi connectivity index (χ2v) is 22.2. The molecule has 2 saturated carbocycles. The van der Waals surface area contributed by atoms with Crippen molar-refractivity contribution < 1.29 is 41.9 Å². The van der Waals surface area contributed by atoms with Gasteiger partial charge in [0.2, 0.25) is 11.7 Å². The van der Waals surface area contributed by atoms with Gasteiger partial charge in [0.1, 0.15) is 12.1 Å². The number of rotatable bonds is 17. The molecular formula is C47H70N4O9S. The number of carbonyl (C=O) groups is 6. The van der Waals surface area contributed by atoms with Crippen LogP contribution >= 0.6 is 0 Å². The molecule has 14 heteroatoms. The van der Waals surface area contributed by atoms with Gasteiger partial charge >= 0.3 is 12.1 Å². The molecule has 338 valence electrons. The van der Waals surface area contributed by atoms with Crippen LogP contribution in [0.5, 0.6) is 0 Å². The number of nitrogens with zero attached hydrogens (tertiary/aromatic N) is 2. The van der Waals surface area contributed by atoms with Crippen molar-refractivity contribution in [2.24, 2.45) is 11.3 Å². The number of nitrogens with one attached hydrogen (secondary N) is 2. The quantitative estimate of drug-likeness (QED) is 0.121. The Bertz CT molecular complexity index is 1890. The van der Waals surface area contributed by atoms with Crippen LogP contribution in [0.3, 0.4) is 0 Å². The third-order valence-corrected chi connectivity index (χ3v) is 16.5. The predicted octanol–water partition coefficient (Wildman–Crippen LogP) is 7.19. The maximum absolute atomic E-state index is 15.2. The number of ether oxygens (including phenoxy) is 1. The predicted molar refractivity (Wildman–Crippen MR) is 234 cm³/mol. The van der Waals surface area contributed by atoms with Gasteiger partial charge < -0.3 is 25.2 Å². The number of fused-ring (bicyclic) bond motifs is 1. The molecule has 61 heavy (non-hydrogen) atoms. The lowest BCUT2D eigenvalue weighted by Crippen LogP contribution is -2.64. The molecule has 4 atom stereocenters. The van der Waals surface area contributed by atoms with Crippen molar-refractivity contribution >= 4 is 45.2 Å². The zero-order valence-electron chi connectivity index (χ0n) is 37.2. The minimum absolute atomic E-state index is 0.00119. The number of ketones is 3. The molecule has 2 aliphatic heterocycles. The lowest BCUT2D eigenvalue weighted by atomic mass is 9.70. The molecule has 0 bridgehead atoms. The number of amides is 4. The Labute approximate surface area is 363 Å². The third-order valence-electron chi connectivity index (χ3n) is 13.7. The van der Waals surface area contributed by atoms with Gasteiger partial charge in [-0.3, -0.25) is 19.2 Å². The van der Waals surface area contributed by atoms with Crippen molar-refractivity contribution in [1.29, 1.82) is 0 Å². The van der Waals surface area contributed by atoms with E-state index in [1.165, 1.54) is 4.90 Å². The Hall–Kier alpha value is -4.07. The Morgan fingerprint density at radius 3 is 2.23 bits per heavy atom. The summed E-state index contributed by atoms with van der Waals surface area (Å²) in [5.41, 5.74) is 0.471. The van der Waals surface area contributed by atoms with Gasteiger partial charge in [-0.2, -0.15) is 0 Å². The average Bonchev–Trinajstić information content (AvgIpc) is 3.64. The van der Waals surface area contributed by atoms with E-state index in [-0.39, 0.29) is 31.6 Å². The van der Waals surface area contributed by atoms with Crippen LogP contribution in [-0.4, -0.2) is 101 Å². The molecule has 4 aliphatic rings. The van der Waals surface area contributed by atoms with E-state index in [1.54, 1.807) is 31.7 Å². The molecule has 1 saturated heterocycles. The molecule has 2 aliphatic carbocycles. The highest BCUT2D eigenvalue weighted by molar-refractivity contribution is 7.92. The van der Waals surface area contributed by atoms with Crippen molar-refractivity contribution in [2.45, 2.75) is 179 Å². The highest BCUT2D eigenvalue weighted by Crippen LogP contribution is 2.41. The van der Waals surface area contributed by atoms with Crippen LogP contribution in [0.4, 0.5) is 9.59 Å². The molecular weight excluding hydrogens is 797 g/mol. The summed E-state index contributed by atoms with van der Waals surface area (Å²) in [6.07, 6.45) is 9.09. The normalized spacial score (nSPS) is 22.2. The number of sulfone groups is 1. The minimum atomic E-state index is -3.63. The molecule has 3 fully saturated rings. The van der Waals surface area contributed by atoms with E-state index in [0.717, 1.165) is 49.7 Å². The Balaban J connectivity index is 1.43. The van der Waals surface area contributed by atoms with Gasteiger partial charge in [-0.1, -0.05) is 89.1 Å². The van der Waals surface area contributed by atoms with Crippen LogP contribution in [0, 0.1) is 11.3 Å². The Morgan fingerprint density at radius 2 is 1.61 bits per heavy atom. The molecule has 0 radical (unpaired) electrons. The number of carbonyl (C=O) groups excluding carboxylic acids is 6. The summed E-state index contributed by atoms with van der Waals surface area (Å²) < 4.78 is 32.2. The SMILES string of the molecule is C=CCCC(=O)C(=O)C(CCC)CC(=O)[C@@H]1C[C@@H](OC(=O)N2CCc3ccccc3C2)CN1C(=O)[C@@H](NC(=O)NC1(CS(=O)(=O)C(C)(C)C)CCCCC1)C1(C)CCCCC1. The summed E-state index contributed by atoms with van der Waals surface area (Å²) in [6, 6.07) is 5.10.